The van der Waals surface area contributed by atoms with Gasteiger partial charge < -0.3 is 10.2 Å². The normalized spacial score (nSPS) is 9.65. The van der Waals surface area contributed by atoms with E-state index in [4.69, 9.17) is 0 Å². The van der Waals surface area contributed by atoms with Gasteiger partial charge in [-0.1, -0.05) is 52.5 Å². The third-order valence-corrected chi connectivity index (χ3v) is 2.93. The zero-order valence-electron chi connectivity index (χ0n) is 14.4. The summed E-state index contributed by atoms with van der Waals surface area (Å²) in [6.07, 6.45) is 8.65. The lowest BCUT2D eigenvalue weighted by molar-refractivity contribution is -0.127. The van der Waals surface area contributed by atoms with Gasteiger partial charge in [-0.2, -0.15) is 0 Å². The number of nitrogens with one attached hydrogen (secondary N) is 1. The number of hydrogen-bond donors (Lipinski definition) is 1. The summed E-state index contributed by atoms with van der Waals surface area (Å²) in [6.45, 7) is 11.6. The van der Waals surface area contributed by atoms with E-state index in [1.165, 1.54) is 32.1 Å². The molecule has 0 atom stereocenters. The van der Waals surface area contributed by atoms with E-state index in [1.54, 1.807) is 6.92 Å². The number of carbonyl (C=O) groups is 1. The third kappa shape index (κ3) is 13.6. The van der Waals surface area contributed by atoms with Gasteiger partial charge in [0.1, 0.15) is 0 Å². The summed E-state index contributed by atoms with van der Waals surface area (Å²) in [5, 5.41) is 2.75. The number of carbonyl (C=O) groups excluding carboxylic acids is 1. The van der Waals surface area contributed by atoms with Crippen LogP contribution in [0, 0.1) is 0 Å². The predicted molar refractivity (Wildman–Crippen MR) is 90.0 cm³/mol. The van der Waals surface area contributed by atoms with Crippen molar-refractivity contribution in [2.75, 3.05) is 27.2 Å². The molecule has 0 aliphatic carbocycles. The van der Waals surface area contributed by atoms with Crippen molar-refractivity contribution < 1.29 is 4.79 Å². The van der Waals surface area contributed by atoms with E-state index < -0.39 is 0 Å². The fraction of sp³-hybridized carbons (Fsp3) is 0.824. The Labute approximate surface area is 126 Å². The molecule has 0 spiro atoms. The van der Waals surface area contributed by atoms with Crippen molar-refractivity contribution in [2.24, 2.45) is 0 Å². The van der Waals surface area contributed by atoms with E-state index in [0.29, 0.717) is 5.57 Å². The molecule has 0 aromatic heterocycles. The highest BCUT2D eigenvalue weighted by molar-refractivity contribution is 5.92. The molecule has 20 heavy (non-hydrogen) atoms. The average molecular weight is 284 g/mol. The second-order valence-electron chi connectivity index (χ2n) is 5.34. The first kappa shape index (κ1) is 21.5. The van der Waals surface area contributed by atoms with Crippen LogP contribution in [0.1, 0.15) is 65.7 Å². The van der Waals surface area contributed by atoms with E-state index in [0.717, 1.165) is 25.9 Å². The van der Waals surface area contributed by atoms with Gasteiger partial charge in [-0.3, -0.25) is 4.79 Å². The van der Waals surface area contributed by atoms with E-state index in [-0.39, 0.29) is 5.91 Å². The van der Waals surface area contributed by atoms with Crippen molar-refractivity contribution >= 4 is 5.91 Å². The molecule has 0 bridgehead atoms. The second-order valence-corrected chi connectivity index (χ2v) is 5.34. The molecule has 0 aromatic rings. The Bertz CT molecular complexity index is 239. The van der Waals surface area contributed by atoms with Gasteiger partial charge >= 0.3 is 0 Å². The van der Waals surface area contributed by atoms with Gasteiger partial charge in [0.2, 0.25) is 5.91 Å². The molecule has 0 aliphatic heterocycles. The van der Waals surface area contributed by atoms with Crippen LogP contribution in [0.2, 0.25) is 0 Å². The third-order valence-electron chi connectivity index (χ3n) is 2.93. The molecule has 0 aromatic carbocycles. The maximum absolute atomic E-state index is 11.8. The standard InChI is InChI=1S/C15H29NO.C2H7N/c1-5-7-8-9-10-11-13-16(12-6-2)15(17)14(3)4;1-3-2/h3,5-13H2,1-2,4H3;3H,1-2H3. The second kappa shape index (κ2) is 16.2. The summed E-state index contributed by atoms with van der Waals surface area (Å²) < 4.78 is 0. The SMILES string of the molecule is C=C(C)C(=O)N(CCC)CCCCCCCC.CNC. The average Bonchev–Trinajstić information content (AvgIpc) is 2.41. The lowest BCUT2D eigenvalue weighted by Crippen LogP contribution is -2.33. The first-order valence-corrected chi connectivity index (χ1v) is 8.08. The van der Waals surface area contributed by atoms with Crippen LogP contribution >= 0.6 is 0 Å². The summed E-state index contributed by atoms with van der Waals surface area (Å²) >= 11 is 0. The molecule has 0 saturated heterocycles. The lowest BCUT2D eigenvalue weighted by atomic mass is 10.1. The van der Waals surface area contributed by atoms with Gasteiger partial charge in [-0.05, 0) is 33.9 Å². The van der Waals surface area contributed by atoms with Crippen molar-refractivity contribution in [3.8, 4) is 0 Å². The first-order valence-electron chi connectivity index (χ1n) is 8.08. The lowest BCUT2D eigenvalue weighted by Gasteiger charge is -2.22. The minimum absolute atomic E-state index is 0.125. The van der Waals surface area contributed by atoms with Gasteiger partial charge in [0.15, 0.2) is 0 Å². The van der Waals surface area contributed by atoms with Crippen LogP contribution in [0.5, 0.6) is 0 Å². The number of unbranched alkanes of at least 4 members (excludes halogenated alkanes) is 5. The Morgan fingerprint density at radius 2 is 1.45 bits per heavy atom. The van der Waals surface area contributed by atoms with Gasteiger partial charge in [0, 0.05) is 18.7 Å². The zero-order chi connectivity index (χ0) is 15.8. The molecule has 3 nitrogen and oxygen atoms in total. The van der Waals surface area contributed by atoms with Crippen LogP contribution in [0.3, 0.4) is 0 Å². The smallest absolute Gasteiger partial charge is 0.248 e. The molecule has 0 rings (SSSR count). The highest BCUT2D eigenvalue weighted by atomic mass is 16.2. The monoisotopic (exact) mass is 284 g/mol. The number of amides is 1. The van der Waals surface area contributed by atoms with Crippen LogP contribution in [0.15, 0.2) is 12.2 Å². The Morgan fingerprint density at radius 1 is 0.950 bits per heavy atom. The Kier molecular flexibility index (Phi) is 17.4. The zero-order valence-corrected chi connectivity index (χ0v) is 14.4. The minimum Gasteiger partial charge on any atom is -0.339 e. The fourth-order valence-electron chi connectivity index (χ4n) is 1.94. The molecule has 0 aliphatic rings. The van der Waals surface area contributed by atoms with Crippen molar-refractivity contribution in [3.05, 3.63) is 12.2 Å². The first-order chi connectivity index (χ1) is 9.54. The van der Waals surface area contributed by atoms with E-state index in [1.807, 2.05) is 19.0 Å². The maximum Gasteiger partial charge on any atom is 0.248 e. The summed E-state index contributed by atoms with van der Waals surface area (Å²) in [6, 6.07) is 0. The highest BCUT2D eigenvalue weighted by Gasteiger charge is 2.12. The van der Waals surface area contributed by atoms with E-state index in [9.17, 15) is 4.79 Å². The van der Waals surface area contributed by atoms with Crippen LogP contribution in [-0.4, -0.2) is 38.0 Å². The molecule has 0 fully saturated rings. The highest BCUT2D eigenvalue weighted by Crippen LogP contribution is 2.08. The number of rotatable bonds is 10. The Balaban J connectivity index is 0. The minimum atomic E-state index is 0.125. The maximum atomic E-state index is 11.8. The summed E-state index contributed by atoms with van der Waals surface area (Å²) in [5.41, 5.74) is 0.657. The quantitative estimate of drug-likeness (QED) is 0.486. The molecule has 0 radical (unpaired) electrons. The van der Waals surface area contributed by atoms with E-state index in [2.05, 4.69) is 25.7 Å². The fourth-order valence-corrected chi connectivity index (χ4v) is 1.94. The topological polar surface area (TPSA) is 32.3 Å². The number of hydrogen-bond acceptors (Lipinski definition) is 2. The van der Waals surface area contributed by atoms with Gasteiger partial charge in [-0.15, -0.1) is 0 Å². The van der Waals surface area contributed by atoms with Crippen molar-refractivity contribution in [2.45, 2.75) is 65.7 Å². The number of nitrogens with zero attached hydrogens (tertiary/aromatic N) is 1. The molecule has 3 heteroatoms. The molecule has 1 N–H and O–H groups in total. The van der Waals surface area contributed by atoms with Crippen LogP contribution in [-0.2, 0) is 4.79 Å². The predicted octanol–water partition coefficient (Wildman–Crippen LogP) is 4.00. The molecule has 120 valence electrons. The molecule has 0 heterocycles. The van der Waals surface area contributed by atoms with Gasteiger partial charge in [0.25, 0.3) is 0 Å². The molecule has 0 unspecified atom stereocenters. The van der Waals surface area contributed by atoms with Crippen LogP contribution in [0.4, 0.5) is 0 Å². The largest absolute Gasteiger partial charge is 0.339 e. The molecule has 0 saturated carbocycles. The van der Waals surface area contributed by atoms with Crippen molar-refractivity contribution in [1.29, 1.82) is 0 Å². The van der Waals surface area contributed by atoms with Crippen molar-refractivity contribution in [3.63, 3.8) is 0 Å². The van der Waals surface area contributed by atoms with Gasteiger partial charge in [0.05, 0.1) is 0 Å². The molecular formula is C17H36N2O. The van der Waals surface area contributed by atoms with Crippen molar-refractivity contribution in [1.82, 2.24) is 10.2 Å². The van der Waals surface area contributed by atoms with Crippen LogP contribution in [0.25, 0.3) is 0 Å². The molecular weight excluding hydrogens is 248 g/mol. The summed E-state index contributed by atoms with van der Waals surface area (Å²) in [5.74, 6) is 0.125. The summed E-state index contributed by atoms with van der Waals surface area (Å²) in [4.78, 5) is 13.8. The van der Waals surface area contributed by atoms with E-state index >= 15 is 0 Å². The summed E-state index contributed by atoms with van der Waals surface area (Å²) in [7, 11) is 3.75. The molecule has 1 amide bonds. The van der Waals surface area contributed by atoms with Gasteiger partial charge in [-0.25, -0.2) is 0 Å². The Morgan fingerprint density at radius 3 is 1.90 bits per heavy atom. The van der Waals surface area contributed by atoms with Crippen LogP contribution < -0.4 is 5.32 Å². The Hall–Kier alpha value is -0.830.